The van der Waals surface area contributed by atoms with Crippen LogP contribution in [0.15, 0.2) is 107 Å². The van der Waals surface area contributed by atoms with E-state index in [4.69, 9.17) is 9.97 Å². The topological polar surface area (TPSA) is 200 Å². The van der Waals surface area contributed by atoms with E-state index in [1.54, 1.807) is 36.4 Å². The average molecular weight is 923 g/mol. The predicted molar refractivity (Wildman–Crippen MR) is 252 cm³/mol. The largest absolute Gasteiger partial charge is 0.354 e. The number of nitro benzene ring substituents is 2. The Bertz CT molecular complexity index is 2830. The van der Waals surface area contributed by atoms with Crippen LogP contribution in [0.25, 0.3) is 21.8 Å². The molecule has 4 heterocycles. The van der Waals surface area contributed by atoms with Gasteiger partial charge in [0.25, 0.3) is 31.4 Å². The van der Waals surface area contributed by atoms with Crippen LogP contribution in [0.5, 0.6) is 0 Å². The molecular weight excluding hydrogens is 873 g/mol. The van der Waals surface area contributed by atoms with Gasteiger partial charge in [-0.2, -0.15) is 0 Å². The second-order valence-corrected chi connectivity index (χ2v) is 20.2. The van der Waals surface area contributed by atoms with Crippen molar-refractivity contribution < 1.29 is 26.7 Å². The fraction of sp³-hybridized carbons (Fsp3) is 0.333. The fourth-order valence-electron chi connectivity index (χ4n) is 8.46. The standard InChI is InChI=1S/C45H50N10O8S2/c1-32-28-44(50-24-20-48(3)21-25-50)46-38-16-14-34(30-36(32)38)52(64(60,61)42-12-7-5-10-40(42)54(56)57)18-9-19-53(65(62,63)43-13-8-6-11-41(43)55(58)59)35-15-17-39-37(31-35)33(2)29-45(47-39)51-26-22-49(4)23-27-51/h5-8,10-17,28-31H,9,18-27H2,1-4H3. The van der Waals surface area contributed by atoms with Crippen molar-refractivity contribution in [2.75, 3.05) is 98.0 Å². The van der Waals surface area contributed by atoms with Crippen molar-refractivity contribution in [2.24, 2.45) is 0 Å². The lowest BCUT2D eigenvalue weighted by atomic mass is 10.1. The fourth-order valence-corrected chi connectivity index (χ4v) is 11.8. The van der Waals surface area contributed by atoms with Gasteiger partial charge in [0.15, 0.2) is 9.79 Å². The highest BCUT2D eigenvalue weighted by atomic mass is 32.2. The molecule has 0 aliphatic carbocycles. The highest BCUT2D eigenvalue weighted by molar-refractivity contribution is 7.93. The number of benzene rings is 4. The Morgan fingerprint density at radius 2 is 0.923 bits per heavy atom. The van der Waals surface area contributed by atoms with Gasteiger partial charge in [0.05, 0.1) is 32.3 Å². The molecule has 340 valence electrons. The maximum Gasteiger partial charge on any atom is 0.289 e. The molecule has 18 nitrogen and oxygen atoms in total. The van der Waals surface area contributed by atoms with Crippen LogP contribution in [0, 0.1) is 34.1 Å². The van der Waals surface area contributed by atoms with Crippen molar-refractivity contribution in [3.05, 3.63) is 128 Å². The van der Waals surface area contributed by atoms with Crippen LogP contribution < -0.4 is 18.4 Å². The van der Waals surface area contributed by atoms with E-state index >= 15 is 0 Å². The molecule has 0 saturated carbocycles. The zero-order valence-corrected chi connectivity index (χ0v) is 38.2. The number of pyridine rings is 2. The Morgan fingerprint density at radius 1 is 0.554 bits per heavy atom. The molecule has 2 fully saturated rings. The van der Waals surface area contributed by atoms with E-state index in [2.05, 4.69) is 33.7 Å². The lowest BCUT2D eigenvalue weighted by Gasteiger charge is -2.33. The molecule has 2 saturated heterocycles. The number of nitrogens with zero attached hydrogens (tertiary/aromatic N) is 10. The first-order valence-corrected chi connectivity index (χ1v) is 24.1. The monoisotopic (exact) mass is 922 g/mol. The molecule has 0 atom stereocenters. The van der Waals surface area contributed by atoms with Crippen LogP contribution in [0.2, 0.25) is 0 Å². The van der Waals surface area contributed by atoms with Crippen LogP contribution in [0.4, 0.5) is 34.4 Å². The zero-order chi connectivity index (χ0) is 46.2. The minimum absolute atomic E-state index is 0.144. The first-order valence-electron chi connectivity index (χ1n) is 21.2. The second kappa shape index (κ2) is 18.2. The summed E-state index contributed by atoms with van der Waals surface area (Å²) in [7, 11) is -5.21. The maximum atomic E-state index is 14.8. The third-order valence-corrected chi connectivity index (χ3v) is 15.9. The van der Waals surface area contributed by atoms with Gasteiger partial charge in [-0.15, -0.1) is 0 Å². The molecule has 0 spiro atoms. The van der Waals surface area contributed by atoms with Gasteiger partial charge < -0.3 is 19.6 Å². The van der Waals surface area contributed by atoms with Crippen LogP contribution in [0.3, 0.4) is 0 Å². The Hall–Kier alpha value is -6.48. The summed E-state index contributed by atoms with van der Waals surface area (Å²) in [5.41, 5.74) is 2.07. The average Bonchev–Trinajstić information content (AvgIpc) is 3.29. The zero-order valence-electron chi connectivity index (χ0n) is 36.6. The van der Waals surface area contributed by atoms with Gasteiger partial charge in [-0.25, -0.2) is 26.8 Å². The van der Waals surface area contributed by atoms with Gasteiger partial charge in [0.1, 0.15) is 11.6 Å². The Morgan fingerprint density at radius 3 is 1.29 bits per heavy atom. The minimum atomic E-state index is -4.67. The number of nitro groups is 2. The summed E-state index contributed by atoms with van der Waals surface area (Å²) in [5, 5.41) is 25.8. The first-order chi connectivity index (χ1) is 31.0. The Balaban J connectivity index is 1.19. The smallest absolute Gasteiger partial charge is 0.289 e. The summed E-state index contributed by atoms with van der Waals surface area (Å²) < 4.78 is 61.2. The molecule has 0 amide bonds. The lowest BCUT2D eigenvalue weighted by molar-refractivity contribution is -0.388. The van der Waals surface area contributed by atoms with Gasteiger partial charge in [-0.1, -0.05) is 24.3 Å². The van der Waals surface area contributed by atoms with Crippen molar-refractivity contribution in [1.82, 2.24) is 19.8 Å². The van der Waals surface area contributed by atoms with E-state index in [1.807, 2.05) is 26.0 Å². The van der Waals surface area contributed by atoms with Crippen molar-refractivity contribution >= 4 is 76.2 Å². The van der Waals surface area contributed by atoms with E-state index in [0.717, 1.165) is 95.9 Å². The van der Waals surface area contributed by atoms with E-state index < -0.39 is 51.1 Å². The summed E-state index contributed by atoms with van der Waals surface area (Å²) in [5.74, 6) is 1.60. The van der Waals surface area contributed by atoms with Crippen molar-refractivity contribution in [3.8, 4) is 0 Å². The molecule has 20 heteroatoms. The van der Waals surface area contributed by atoms with Crippen molar-refractivity contribution in [1.29, 1.82) is 0 Å². The molecule has 6 aromatic rings. The molecule has 0 unspecified atom stereocenters. The number of para-hydroxylation sites is 2. The van der Waals surface area contributed by atoms with Gasteiger partial charge in [0.2, 0.25) is 0 Å². The maximum absolute atomic E-state index is 14.8. The van der Waals surface area contributed by atoms with E-state index in [1.165, 1.54) is 36.4 Å². The van der Waals surface area contributed by atoms with Crippen LogP contribution in [-0.4, -0.2) is 126 Å². The Kier molecular flexibility index (Phi) is 12.6. The summed E-state index contributed by atoms with van der Waals surface area (Å²) in [6, 6.07) is 24.0. The number of sulfonamides is 2. The normalized spacial score (nSPS) is 15.4. The summed E-state index contributed by atoms with van der Waals surface area (Å²) in [6.45, 7) is 9.87. The Labute approximate surface area is 377 Å². The molecule has 2 aromatic heterocycles. The SMILES string of the molecule is Cc1cc(N2CCN(C)CC2)nc2ccc(N(CCCN(c3ccc4nc(N5CCN(C)CC5)cc(C)c4c3)S(=O)(=O)c3ccccc3[N+](=O)[O-])S(=O)(=O)c3ccccc3[N+](=O)[O-])cc12. The third kappa shape index (κ3) is 9.11. The molecule has 4 aromatic carbocycles. The number of aromatic nitrogens is 2. The predicted octanol–water partition coefficient (Wildman–Crippen LogP) is 6.20. The van der Waals surface area contributed by atoms with Crippen LogP contribution in [-0.2, 0) is 20.0 Å². The summed E-state index contributed by atoms with van der Waals surface area (Å²) >= 11 is 0. The molecular formula is C45H50N10O8S2. The number of anilines is 4. The number of hydrogen-bond donors (Lipinski definition) is 0. The van der Waals surface area contributed by atoms with Crippen LogP contribution >= 0.6 is 0 Å². The minimum Gasteiger partial charge on any atom is -0.354 e. The van der Waals surface area contributed by atoms with E-state index in [9.17, 15) is 37.1 Å². The van der Waals surface area contributed by atoms with Gasteiger partial charge in [0, 0.05) is 88.4 Å². The number of likely N-dealkylation sites (N-methyl/N-ethyl adjacent to an activating group) is 2. The molecule has 0 N–H and O–H groups in total. The second-order valence-electron chi connectivity index (χ2n) is 16.5. The first kappa shape index (κ1) is 45.1. The molecule has 8 rings (SSSR count). The number of fused-ring (bicyclic) bond motifs is 2. The van der Waals surface area contributed by atoms with Crippen molar-refractivity contribution in [2.45, 2.75) is 30.1 Å². The highest BCUT2D eigenvalue weighted by Gasteiger charge is 2.35. The lowest BCUT2D eigenvalue weighted by Crippen LogP contribution is -2.44. The summed E-state index contributed by atoms with van der Waals surface area (Å²) in [6.07, 6.45) is -0.144. The summed E-state index contributed by atoms with van der Waals surface area (Å²) in [4.78, 5) is 40.6. The molecule has 2 aliphatic heterocycles. The molecule has 65 heavy (non-hydrogen) atoms. The van der Waals surface area contributed by atoms with Gasteiger partial charge >= 0.3 is 0 Å². The third-order valence-electron chi connectivity index (χ3n) is 12.2. The number of hydrogen-bond acceptors (Lipinski definition) is 14. The number of rotatable bonds is 14. The number of aryl methyl sites for hydroxylation is 2. The molecule has 0 radical (unpaired) electrons. The van der Waals surface area contributed by atoms with E-state index in [-0.39, 0.29) is 30.9 Å². The van der Waals surface area contributed by atoms with Crippen LogP contribution in [0.1, 0.15) is 17.5 Å². The number of piperazine rings is 2. The van der Waals surface area contributed by atoms with Gasteiger partial charge in [-0.3, -0.25) is 28.8 Å². The molecule has 0 bridgehead atoms. The van der Waals surface area contributed by atoms with E-state index in [0.29, 0.717) is 21.8 Å². The quantitative estimate of drug-likeness (QED) is 0.0883. The molecule has 2 aliphatic rings. The van der Waals surface area contributed by atoms with Gasteiger partial charge in [-0.05, 0) is 106 Å². The highest BCUT2D eigenvalue weighted by Crippen LogP contribution is 2.36. The van der Waals surface area contributed by atoms with Crippen molar-refractivity contribution in [3.63, 3.8) is 0 Å².